The Morgan fingerprint density at radius 3 is 2.61 bits per heavy atom. The van der Waals surface area contributed by atoms with Crippen LogP contribution in [0.3, 0.4) is 0 Å². The van der Waals surface area contributed by atoms with Gasteiger partial charge in [0.2, 0.25) is 0 Å². The van der Waals surface area contributed by atoms with Gasteiger partial charge in [0.1, 0.15) is 17.3 Å². The number of anilines is 1. The van der Waals surface area contributed by atoms with Crippen molar-refractivity contribution in [2.24, 2.45) is 4.99 Å². The van der Waals surface area contributed by atoms with Gasteiger partial charge in [-0.1, -0.05) is 17.7 Å². The number of likely N-dealkylation sites (tertiary alicyclic amines) is 1. The van der Waals surface area contributed by atoms with Crippen molar-refractivity contribution < 1.29 is 4.74 Å². The van der Waals surface area contributed by atoms with Gasteiger partial charge in [-0.05, 0) is 76.0 Å². The first-order valence-electron chi connectivity index (χ1n) is 10.4. The van der Waals surface area contributed by atoms with Gasteiger partial charge in [-0.2, -0.15) is 0 Å². The first kappa shape index (κ1) is 22.5. The molecule has 0 atom stereocenters. The quantitative estimate of drug-likeness (QED) is 0.285. The number of thiocarbonyl (C=S) groups is 1. The Balaban J connectivity index is 1.53. The minimum Gasteiger partial charge on any atom is -0.458 e. The van der Waals surface area contributed by atoms with Gasteiger partial charge in [0.05, 0.1) is 11.9 Å². The highest BCUT2D eigenvalue weighted by Gasteiger charge is 2.21. The molecule has 1 aromatic heterocycles. The zero-order chi connectivity index (χ0) is 22.1. The third kappa shape index (κ3) is 6.93. The molecule has 1 fully saturated rings. The van der Waals surface area contributed by atoms with E-state index in [-0.39, 0.29) is 0 Å². The summed E-state index contributed by atoms with van der Waals surface area (Å²) >= 11 is 5.44. The van der Waals surface area contributed by atoms with Gasteiger partial charge < -0.3 is 20.3 Å². The Bertz CT molecular complexity index is 932. The molecule has 6 nitrogen and oxygen atoms in total. The number of benzene rings is 1. The van der Waals surface area contributed by atoms with Crippen LogP contribution in [0.15, 0.2) is 77.5 Å². The summed E-state index contributed by atoms with van der Waals surface area (Å²) in [4.78, 5) is 10.6. The van der Waals surface area contributed by atoms with E-state index in [4.69, 9.17) is 17.0 Å². The fourth-order valence-corrected chi connectivity index (χ4v) is 3.61. The average molecular weight is 436 g/mol. The number of rotatable bonds is 7. The van der Waals surface area contributed by atoms with Crippen molar-refractivity contribution in [3.8, 4) is 5.75 Å². The molecule has 0 saturated carbocycles. The highest BCUT2D eigenvalue weighted by atomic mass is 32.1. The summed E-state index contributed by atoms with van der Waals surface area (Å²) < 4.78 is 6.00. The lowest BCUT2D eigenvalue weighted by molar-refractivity contribution is 0.252. The van der Waals surface area contributed by atoms with Crippen molar-refractivity contribution in [1.29, 1.82) is 0 Å². The maximum atomic E-state index is 6.00. The largest absolute Gasteiger partial charge is 0.458 e. The number of piperidine rings is 1. The number of aromatic nitrogens is 1. The molecule has 0 radical (unpaired) electrons. The van der Waals surface area contributed by atoms with Gasteiger partial charge in [-0.25, -0.2) is 4.99 Å². The van der Waals surface area contributed by atoms with Crippen LogP contribution in [0.4, 0.5) is 5.69 Å². The van der Waals surface area contributed by atoms with Crippen LogP contribution in [-0.2, 0) is 0 Å². The molecular weight excluding hydrogens is 406 g/mol. The van der Waals surface area contributed by atoms with Crippen molar-refractivity contribution in [2.75, 3.05) is 18.4 Å². The molecule has 2 aromatic rings. The number of nitrogens with one attached hydrogen (secondary N) is 2. The molecule has 0 spiro atoms. The standard InChI is InChI=1S/C24H29N5OS/c1-4-21(30-22-9-7-18(2)8-10-22)16-23(25-3)29-14-11-19(12-15-29)27-24(31)28-20-6-5-13-26-17-20/h4-10,13,16-17,19H,3,11-12,14-15H2,1-2H3,(H2,27,28,31)/b21-4+,23-16+. The van der Waals surface area contributed by atoms with Crippen molar-refractivity contribution >= 4 is 29.7 Å². The Morgan fingerprint density at radius 2 is 2.00 bits per heavy atom. The van der Waals surface area contributed by atoms with E-state index in [0.717, 1.165) is 48.9 Å². The van der Waals surface area contributed by atoms with E-state index in [0.29, 0.717) is 11.2 Å². The smallest absolute Gasteiger partial charge is 0.171 e. The number of hydrogen-bond acceptors (Lipinski definition) is 5. The summed E-state index contributed by atoms with van der Waals surface area (Å²) in [6, 6.07) is 12.1. The van der Waals surface area contributed by atoms with Gasteiger partial charge in [-0.15, -0.1) is 0 Å². The molecule has 0 aliphatic carbocycles. The summed E-state index contributed by atoms with van der Waals surface area (Å²) in [7, 11) is 0. The van der Waals surface area contributed by atoms with Crippen LogP contribution < -0.4 is 15.4 Å². The van der Waals surface area contributed by atoms with Crippen LogP contribution in [-0.4, -0.2) is 40.8 Å². The minimum absolute atomic E-state index is 0.309. The van der Waals surface area contributed by atoms with Crippen molar-refractivity contribution in [3.05, 3.63) is 78.1 Å². The van der Waals surface area contributed by atoms with Crippen molar-refractivity contribution in [1.82, 2.24) is 15.2 Å². The lowest BCUT2D eigenvalue weighted by Gasteiger charge is -2.34. The number of allylic oxidation sites excluding steroid dienone is 2. The van der Waals surface area contributed by atoms with E-state index >= 15 is 0 Å². The van der Waals surface area contributed by atoms with E-state index < -0.39 is 0 Å². The molecule has 7 heteroatoms. The summed E-state index contributed by atoms with van der Waals surface area (Å²) in [5.41, 5.74) is 2.08. The molecule has 3 rings (SSSR count). The van der Waals surface area contributed by atoms with Crippen molar-refractivity contribution in [3.63, 3.8) is 0 Å². The SMILES string of the molecule is C=N/C(=C\C(=C/C)Oc1ccc(C)cc1)N1CCC(NC(=S)Nc2cccnc2)CC1. The summed E-state index contributed by atoms with van der Waals surface area (Å²) in [5.74, 6) is 2.36. The highest BCUT2D eigenvalue weighted by molar-refractivity contribution is 7.80. The van der Waals surface area contributed by atoms with Gasteiger partial charge in [0.25, 0.3) is 0 Å². The normalized spacial score (nSPS) is 15.4. The maximum Gasteiger partial charge on any atom is 0.171 e. The highest BCUT2D eigenvalue weighted by Crippen LogP contribution is 2.20. The summed E-state index contributed by atoms with van der Waals surface area (Å²) in [6.07, 6.45) is 9.26. The second-order valence-corrected chi connectivity index (χ2v) is 7.78. The molecule has 0 bridgehead atoms. The molecule has 1 aromatic carbocycles. The summed E-state index contributed by atoms with van der Waals surface area (Å²) in [6.45, 7) is 9.49. The van der Waals surface area contributed by atoms with E-state index in [2.05, 4.69) is 39.2 Å². The van der Waals surface area contributed by atoms with Gasteiger partial charge in [-0.3, -0.25) is 4.98 Å². The molecule has 1 aliphatic rings. The van der Waals surface area contributed by atoms with Gasteiger partial charge in [0.15, 0.2) is 5.11 Å². The molecule has 1 saturated heterocycles. The van der Waals surface area contributed by atoms with Crippen LogP contribution in [0.25, 0.3) is 0 Å². The first-order chi connectivity index (χ1) is 15.1. The maximum absolute atomic E-state index is 6.00. The first-order valence-corrected chi connectivity index (χ1v) is 10.8. The fourth-order valence-electron chi connectivity index (χ4n) is 3.32. The molecule has 162 valence electrons. The third-order valence-corrected chi connectivity index (χ3v) is 5.27. The molecule has 2 N–H and O–H groups in total. The van der Waals surface area contributed by atoms with E-state index in [1.54, 1.807) is 12.4 Å². The second kappa shape index (κ2) is 11.3. The predicted octanol–water partition coefficient (Wildman–Crippen LogP) is 4.67. The fraction of sp³-hybridized carbons (Fsp3) is 0.292. The number of pyridine rings is 1. The van der Waals surface area contributed by atoms with Crippen LogP contribution >= 0.6 is 12.2 Å². The lowest BCUT2D eigenvalue weighted by Crippen LogP contribution is -2.45. The number of aryl methyl sites for hydroxylation is 1. The Kier molecular flexibility index (Phi) is 8.18. The Morgan fingerprint density at radius 1 is 1.26 bits per heavy atom. The zero-order valence-corrected chi connectivity index (χ0v) is 18.9. The van der Waals surface area contributed by atoms with Gasteiger partial charge >= 0.3 is 0 Å². The molecule has 2 heterocycles. The van der Waals surface area contributed by atoms with E-state index in [1.165, 1.54) is 5.56 Å². The van der Waals surface area contributed by atoms with Crippen LogP contribution in [0, 0.1) is 6.92 Å². The number of aliphatic imine (C=N–C) groups is 1. The Labute approximate surface area is 189 Å². The molecule has 0 amide bonds. The van der Waals surface area contributed by atoms with Crippen LogP contribution in [0.5, 0.6) is 5.75 Å². The number of nitrogens with zero attached hydrogens (tertiary/aromatic N) is 3. The molecule has 31 heavy (non-hydrogen) atoms. The molecule has 1 aliphatic heterocycles. The predicted molar refractivity (Wildman–Crippen MR) is 131 cm³/mol. The van der Waals surface area contributed by atoms with Crippen molar-refractivity contribution in [2.45, 2.75) is 32.7 Å². The minimum atomic E-state index is 0.309. The second-order valence-electron chi connectivity index (χ2n) is 7.37. The number of hydrogen-bond donors (Lipinski definition) is 2. The molecule has 0 unspecified atom stereocenters. The molecular formula is C24H29N5OS. The summed E-state index contributed by atoms with van der Waals surface area (Å²) in [5, 5.41) is 7.19. The van der Waals surface area contributed by atoms with E-state index in [9.17, 15) is 0 Å². The topological polar surface area (TPSA) is 61.8 Å². The third-order valence-electron chi connectivity index (χ3n) is 5.05. The van der Waals surface area contributed by atoms with Crippen LogP contribution in [0.1, 0.15) is 25.3 Å². The van der Waals surface area contributed by atoms with Crippen LogP contribution in [0.2, 0.25) is 0 Å². The Hall–Kier alpha value is -3.19. The lowest BCUT2D eigenvalue weighted by atomic mass is 10.1. The zero-order valence-electron chi connectivity index (χ0n) is 18.0. The monoisotopic (exact) mass is 435 g/mol. The average Bonchev–Trinajstić information content (AvgIpc) is 2.79. The van der Waals surface area contributed by atoms with E-state index in [1.807, 2.05) is 55.5 Å². The number of ether oxygens (including phenoxy) is 1. The van der Waals surface area contributed by atoms with Gasteiger partial charge in [0, 0.05) is 31.4 Å².